The lowest BCUT2D eigenvalue weighted by Gasteiger charge is -2.27. The Morgan fingerprint density at radius 1 is 0.321 bits per heavy atom. The van der Waals surface area contributed by atoms with E-state index in [2.05, 4.69) is 228 Å². The van der Waals surface area contributed by atoms with Crippen molar-refractivity contribution in [2.75, 3.05) is 4.90 Å². The van der Waals surface area contributed by atoms with E-state index in [4.69, 9.17) is 0 Å². The van der Waals surface area contributed by atoms with Gasteiger partial charge >= 0.3 is 0 Å². The van der Waals surface area contributed by atoms with Crippen LogP contribution < -0.4 is 4.90 Å². The van der Waals surface area contributed by atoms with E-state index in [1.807, 2.05) is 0 Å². The monoisotopic (exact) mass is 712 g/mol. The van der Waals surface area contributed by atoms with Gasteiger partial charge in [0.15, 0.2) is 0 Å². The fourth-order valence-corrected chi connectivity index (χ4v) is 8.76. The Hall–Kier alpha value is -7.42. The maximum atomic E-state index is 2.42. The van der Waals surface area contributed by atoms with Gasteiger partial charge in [0, 0.05) is 33.2 Å². The molecule has 0 N–H and O–H groups in total. The molecule has 0 fully saturated rings. The maximum Gasteiger partial charge on any atom is 0.0547 e. The highest BCUT2D eigenvalue weighted by molar-refractivity contribution is 6.16. The van der Waals surface area contributed by atoms with Crippen molar-refractivity contribution < 1.29 is 0 Å². The molecule has 56 heavy (non-hydrogen) atoms. The summed E-state index contributed by atoms with van der Waals surface area (Å²) in [6.45, 7) is 0. The number of hydrogen-bond acceptors (Lipinski definition) is 1. The second kappa shape index (κ2) is 13.2. The van der Waals surface area contributed by atoms with Crippen molar-refractivity contribution in [1.29, 1.82) is 0 Å². The van der Waals surface area contributed by atoms with Gasteiger partial charge in [-0.2, -0.15) is 0 Å². The maximum absolute atomic E-state index is 2.42. The Morgan fingerprint density at radius 3 is 1.77 bits per heavy atom. The van der Waals surface area contributed by atoms with Gasteiger partial charge in [0.05, 0.1) is 16.7 Å². The van der Waals surface area contributed by atoms with Crippen LogP contribution in [0, 0.1) is 0 Å². The highest BCUT2D eigenvalue weighted by atomic mass is 15.1. The molecule has 0 unspecified atom stereocenters. The van der Waals surface area contributed by atoms with Crippen molar-refractivity contribution in [3.8, 4) is 27.9 Å². The van der Waals surface area contributed by atoms with Crippen molar-refractivity contribution in [2.45, 2.75) is 0 Å². The van der Waals surface area contributed by atoms with Gasteiger partial charge in [-0.25, -0.2) is 0 Å². The first-order valence-electron chi connectivity index (χ1n) is 19.3. The molecule has 1 aromatic heterocycles. The van der Waals surface area contributed by atoms with E-state index < -0.39 is 0 Å². The van der Waals surface area contributed by atoms with Crippen LogP contribution in [0.15, 0.2) is 218 Å². The number of para-hydroxylation sites is 1. The van der Waals surface area contributed by atoms with Gasteiger partial charge in [0.25, 0.3) is 0 Å². The molecule has 2 heteroatoms. The van der Waals surface area contributed by atoms with Crippen LogP contribution in [0.4, 0.5) is 17.1 Å². The Balaban J connectivity index is 1.09. The van der Waals surface area contributed by atoms with Crippen LogP contribution in [0.5, 0.6) is 0 Å². The number of hydrogen-bond donors (Lipinski definition) is 0. The Labute approximate surface area is 325 Å². The van der Waals surface area contributed by atoms with Gasteiger partial charge in [-0.3, -0.25) is 0 Å². The van der Waals surface area contributed by atoms with Crippen LogP contribution in [0.2, 0.25) is 0 Å². The molecule has 0 radical (unpaired) electrons. The molecule has 262 valence electrons. The molecular formula is C54H36N2. The van der Waals surface area contributed by atoms with Crippen LogP contribution in [0.3, 0.4) is 0 Å². The molecule has 0 atom stereocenters. The normalized spacial score (nSPS) is 11.6. The quantitative estimate of drug-likeness (QED) is 0.167. The molecule has 0 aliphatic heterocycles. The standard InChI is InChI=1S/C54H36N2/c1-2-16-41-35-45(34-29-37(41)13-1)56-52-26-8-7-23-50(52)54-49(25-12-28-53(54)56)42-19-9-20-44(36-42)55(51-27-11-18-39-15-4-6-22-48(39)51)43-32-30-40(31-33-43)47-24-10-17-38-14-3-5-21-46(38)47/h1-36H. The lowest BCUT2D eigenvalue weighted by molar-refractivity contribution is 1.19. The first-order valence-corrected chi connectivity index (χ1v) is 19.3. The van der Waals surface area contributed by atoms with E-state index in [1.54, 1.807) is 0 Å². The second-order valence-electron chi connectivity index (χ2n) is 14.5. The zero-order chi connectivity index (χ0) is 37.0. The van der Waals surface area contributed by atoms with E-state index in [9.17, 15) is 0 Å². The number of rotatable bonds is 6. The molecule has 10 aromatic carbocycles. The molecule has 11 rings (SSSR count). The summed E-state index contributed by atoms with van der Waals surface area (Å²) >= 11 is 0. The van der Waals surface area contributed by atoms with E-state index in [0.29, 0.717) is 0 Å². The van der Waals surface area contributed by atoms with Gasteiger partial charge in [-0.1, -0.05) is 164 Å². The molecule has 0 bridgehead atoms. The molecule has 0 amide bonds. The second-order valence-corrected chi connectivity index (χ2v) is 14.5. The predicted molar refractivity (Wildman–Crippen MR) is 239 cm³/mol. The molecule has 0 aliphatic carbocycles. The lowest BCUT2D eigenvalue weighted by Crippen LogP contribution is -2.10. The highest BCUT2D eigenvalue weighted by Gasteiger charge is 2.19. The van der Waals surface area contributed by atoms with Gasteiger partial charge in [-0.15, -0.1) is 0 Å². The van der Waals surface area contributed by atoms with Gasteiger partial charge in [0.2, 0.25) is 0 Å². The van der Waals surface area contributed by atoms with Crippen LogP contribution in [-0.4, -0.2) is 4.57 Å². The van der Waals surface area contributed by atoms with Gasteiger partial charge < -0.3 is 9.47 Å². The minimum Gasteiger partial charge on any atom is -0.310 e. The summed E-state index contributed by atoms with van der Waals surface area (Å²) in [7, 11) is 0. The Kier molecular flexibility index (Phi) is 7.53. The summed E-state index contributed by atoms with van der Waals surface area (Å²) in [6.07, 6.45) is 0. The summed E-state index contributed by atoms with van der Waals surface area (Å²) in [6, 6.07) is 79.5. The molecule has 2 nitrogen and oxygen atoms in total. The number of fused-ring (bicyclic) bond motifs is 6. The summed E-state index contributed by atoms with van der Waals surface area (Å²) < 4.78 is 2.42. The van der Waals surface area contributed by atoms with Gasteiger partial charge in [0.1, 0.15) is 0 Å². The predicted octanol–water partition coefficient (Wildman–Crippen LogP) is 15.0. The van der Waals surface area contributed by atoms with Crippen molar-refractivity contribution in [1.82, 2.24) is 4.57 Å². The van der Waals surface area contributed by atoms with Crippen molar-refractivity contribution in [3.63, 3.8) is 0 Å². The van der Waals surface area contributed by atoms with Gasteiger partial charge in [-0.05, 0) is 104 Å². The van der Waals surface area contributed by atoms with Crippen molar-refractivity contribution in [2.24, 2.45) is 0 Å². The van der Waals surface area contributed by atoms with E-state index in [-0.39, 0.29) is 0 Å². The zero-order valence-corrected chi connectivity index (χ0v) is 30.7. The largest absolute Gasteiger partial charge is 0.310 e. The van der Waals surface area contributed by atoms with Crippen LogP contribution in [0.25, 0.3) is 82.1 Å². The summed E-state index contributed by atoms with van der Waals surface area (Å²) in [5.41, 5.74) is 11.7. The average molecular weight is 713 g/mol. The average Bonchev–Trinajstić information content (AvgIpc) is 3.61. The summed E-state index contributed by atoms with van der Waals surface area (Å²) in [4.78, 5) is 2.41. The topological polar surface area (TPSA) is 8.17 Å². The molecule has 1 heterocycles. The molecule has 0 saturated heterocycles. The molecule has 0 saturated carbocycles. The number of aromatic nitrogens is 1. The van der Waals surface area contributed by atoms with Crippen LogP contribution >= 0.6 is 0 Å². The Bertz CT molecular complexity index is 3250. The number of benzene rings is 10. The first-order chi connectivity index (χ1) is 27.8. The summed E-state index contributed by atoms with van der Waals surface area (Å²) in [5, 5.41) is 9.91. The third-order valence-corrected chi connectivity index (χ3v) is 11.3. The molecular weight excluding hydrogens is 677 g/mol. The zero-order valence-electron chi connectivity index (χ0n) is 30.7. The van der Waals surface area contributed by atoms with E-state index in [1.165, 1.54) is 76.4 Å². The van der Waals surface area contributed by atoms with Crippen molar-refractivity contribution in [3.05, 3.63) is 218 Å². The fourth-order valence-electron chi connectivity index (χ4n) is 8.76. The molecule has 0 spiro atoms. The minimum absolute atomic E-state index is 1.10. The SMILES string of the molecule is c1cc(-c2cccc3c2c2ccccc2n3-c2ccc3ccccc3c2)cc(N(c2ccc(-c3cccc4ccccc34)cc2)c2cccc3ccccc23)c1. The number of anilines is 3. The van der Waals surface area contributed by atoms with Crippen molar-refractivity contribution >= 4 is 71.2 Å². The first kappa shape index (κ1) is 32.0. The highest BCUT2D eigenvalue weighted by Crippen LogP contribution is 2.43. The third kappa shape index (κ3) is 5.26. The minimum atomic E-state index is 1.10. The summed E-state index contributed by atoms with van der Waals surface area (Å²) in [5.74, 6) is 0. The lowest BCUT2D eigenvalue weighted by atomic mass is 9.97. The van der Waals surface area contributed by atoms with Crippen LogP contribution in [0.1, 0.15) is 0 Å². The smallest absolute Gasteiger partial charge is 0.0547 e. The number of nitrogens with zero attached hydrogens (tertiary/aromatic N) is 2. The van der Waals surface area contributed by atoms with E-state index >= 15 is 0 Å². The molecule has 11 aromatic rings. The third-order valence-electron chi connectivity index (χ3n) is 11.3. The van der Waals surface area contributed by atoms with Crippen LogP contribution in [-0.2, 0) is 0 Å². The molecule has 0 aliphatic rings. The van der Waals surface area contributed by atoms with E-state index in [0.717, 1.165) is 22.7 Å². The Morgan fingerprint density at radius 2 is 0.929 bits per heavy atom. The fraction of sp³-hybridized carbons (Fsp3) is 0.